The Kier molecular flexibility index (Phi) is 4.24. The Balaban J connectivity index is 2.16. The first-order chi connectivity index (χ1) is 9.60. The number of imidazole rings is 1. The SMILES string of the molecule is COc1ccc(C(=O)O)c(NC(C)Cn2ccnc2)c1. The molecule has 0 aliphatic heterocycles. The van der Waals surface area contributed by atoms with Gasteiger partial charge < -0.3 is 19.7 Å². The van der Waals surface area contributed by atoms with E-state index in [0.717, 1.165) is 0 Å². The number of ether oxygens (including phenoxy) is 1. The van der Waals surface area contributed by atoms with Gasteiger partial charge in [0.2, 0.25) is 0 Å². The van der Waals surface area contributed by atoms with Crippen LogP contribution >= 0.6 is 0 Å². The average molecular weight is 275 g/mol. The van der Waals surface area contributed by atoms with Crippen LogP contribution in [-0.2, 0) is 6.54 Å². The molecule has 0 saturated heterocycles. The number of nitrogens with zero attached hydrogens (tertiary/aromatic N) is 2. The fraction of sp³-hybridized carbons (Fsp3) is 0.286. The van der Waals surface area contributed by atoms with Crippen molar-refractivity contribution < 1.29 is 14.6 Å². The summed E-state index contributed by atoms with van der Waals surface area (Å²) in [6.07, 6.45) is 5.30. The van der Waals surface area contributed by atoms with Gasteiger partial charge in [-0.1, -0.05) is 0 Å². The molecule has 0 amide bonds. The lowest BCUT2D eigenvalue weighted by Crippen LogP contribution is -2.22. The normalized spacial score (nSPS) is 11.9. The van der Waals surface area contributed by atoms with Gasteiger partial charge in [-0.15, -0.1) is 0 Å². The van der Waals surface area contributed by atoms with Gasteiger partial charge in [0.1, 0.15) is 5.75 Å². The fourth-order valence-electron chi connectivity index (χ4n) is 1.98. The van der Waals surface area contributed by atoms with Crippen molar-refractivity contribution in [3.8, 4) is 5.75 Å². The van der Waals surface area contributed by atoms with Crippen molar-refractivity contribution in [2.24, 2.45) is 0 Å². The highest BCUT2D eigenvalue weighted by Crippen LogP contribution is 2.23. The highest BCUT2D eigenvalue weighted by atomic mass is 16.5. The van der Waals surface area contributed by atoms with E-state index in [1.807, 2.05) is 17.7 Å². The van der Waals surface area contributed by atoms with Gasteiger partial charge in [0.05, 0.1) is 24.7 Å². The van der Waals surface area contributed by atoms with Gasteiger partial charge in [0.15, 0.2) is 0 Å². The molecule has 1 aromatic carbocycles. The minimum atomic E-state index is -0.968. The van der Waals surface area contributed by atoms with Gasteiger partial charge in [-0.2, -0.15) is 0 Å². The van der Waals surface area contributed by atoms with Gasteiger partial charge in [-0.25, -0.2) is 9.78 Å². The molecule has 106 valence electrons. The van der Waals surface area contributed by atoms with E-state index in [-0.39, 0.29) is 11.6 Å². The lowest BCUT2D eigenvalue weighted by Gasteiger charge is -2.18. The molecule has 0 aliphatic rings. The fourth-order valence-corrected chi connectivity index (χ4v) is 1.98. The lowest BCUT2D eigenvalue weighted by atomic mass is 10.1. The van der Waals surface area contributed by atoms with Crippen molar-refractivity contribution in [1.82, 2.24) is 9.55 Å². The maximum absolute atomic E-state index is 11.2. The zero-order valence-corrected chi connectivity index (χ0v) is 11.4. The number of hydrogen-bond acceptors (Lipinski definition) is 4. The second kappa shape index (κ2) is 6.10. The van der Waals surface area contributed by atoms with Gasteiger partial charge in [0.25, 0.3) is 0 Å². The summed E-state index contributed by atoms with van der Waals surface area (Å²) in [6, 6.07) is 4.91. The molecule has 2 N–H and O–H groups in total. The molecule has 0 fully saturated rings. The Hall–Kier alpha value is -2.50. The second-order valence-electron chi connectivity index (χ2n) is 4.52. The lowest BCUT2D eigenvalue weighted by molar-refractivity contribution is 0.0698. The molecule has 0 bridgehead atoms. The Labute approximate surface area is 117 Å². The van der Waals surface area contributed by atoms with Crippen molar-refractivity contribution in [3.05, 3.63) is 42.5 Å². The van der Waals surface area contributed by atoms with Crippen LogP contribution in [0.15, 0.2) is 36.9 Å². The maximum atomic E-state index is 11.2. The monoisotopic (exact) mass is 275 g/mol. The van der Waals surface area contributed by atoms with Crippen molar-refractivity contribution in [1.29, 1.82) is 0 Å². The van der Waals surface area contributed by atoms with Gasteiger partial charge >= 0.3 is 5.97 Å². The van der Waals surface area contributed by atoms with E-state index in [1.54, 1.807) is 31.8 Å². The molecule has 6 nitrogen and oxygen atoms in total. The van der Waals surface area contributed by atoms with Crippen LogP contribution in [0.4, 0.5) is 5.69 Å². The molecule has 6 heteroatoms. The second-order valence-corrected chi connectivity index (χ2v) is 4.52. The van der Waals surface area contributed by atoms with E-state index >= 15 is 0 Å². The zero-order chi connectivity index (χ0) is 14.5. The molecule has 1 aromatic heterocycles. The Morgan fingerprint density at radius 3 is 2.95 bits per heavy atom. The first-order valence-corrected chi connectivity index (χ1v) is 6.23. The van der Waals surface area contributed by atoms with Crippen molar-refractivity contribution in [2.45, 2.75) is 19.5 Å². The van der Waals surface area contributed by atoms with Crippen LogP contribution in [0.2, 0.25) is 0 Å². The number of aromatic nitrogens is 2. The predicted octanol–water partition coefficient (Wildman–Crippen LogP) is 2.09. The number of benzene rings is 1. The summed E-state index contributed by atoms with van der Waals surface area (Å²) >= 11 is 0. The van der Waals surface area contributed by atoms with E-state index < -0.39 is 5.97 Å². The molecule has 1 atom stereocenters. The molecule has 0 radical (unpaired) electrons. The van der Waals surface area contributed by atoms with Crippen LogP contribution in [0.3, 0.4) is 0 Å². The van der Waals surface area contributed by atoms with Crippen molar-refractivity contribution >= 4 is 11.7 Å². The summed E-state index contributed by atoms with van der Waals surface area (Å²) in [4.78, 5) is 15.2. The largest absolute Gasteiger partial charge is 0.497 e. The Morgan fingerprint density at radius 2 is 2.35 bits per heavy atom. The molecular formula is C14H17N3O3. The minimum absolute atomic E-state index is 0.0504. The number of carbonyl (C=O) groups is 1. The van der Waals surface area contributed by atoms with E-state index in [2.05, 4.69) is 10.3 Å². The molecule has 1 unspecified atom stereocenters. The first-order valence-electron chi connectivity index (χ1n) is 6.23. The molecule has 1 heterocycles. The third-order valence-electron chi connectivity index (χ3n) is 2.90. The van der Waals surface area contributed by atoms with Crippen LogP contribution in [0.25, 0.3) is 0 Å². The number of rotatable bonds is 6. The predicted molar refractivity (Wildman–Crippen MR) is 75.3 cm³/mol. The zero-order valence-electron chi connectivity index (χ0n) is 11.4. The van der Waals surface area contributed by atoms with Crippen LogP contribution in [0, 0.1) is 0 Å². The third-order valence-corrected chi connectivity index (χ3v) is 2.90. The summed E-state index contributed by atoms with van der Waals surface area (Å²) in [5.41, 5.74) is 0.771. The van der Waals surface area contributed by atoms with Crippen LogP contribution < -0.4 is 10.1 Å². The first kappa shape index (κ1) is 13.9. The van der Waals surface area contributed by atoms with Crippen LogP contribution in [-0.4, -0.2) is 33.8 Å². The maximum Gasteiger partial charge on any atom is 0.337 e. The Morgan fingerprint density at radius 1 is 1.55 bits per heavy atom. The van der Waals surface area contributed by atoms with Crippen LogP contribution in [0.1, 0.15) is 17.3 Å². The van der Waals surface area contributed by atoms with Crippen LogP contribution in [0.5, 0.6) is 5.75 Å². The summed E-state index contributed by atoms with van der Waals surface area (Å²) in [7, 11) is 1.55. The highest BCUT2D eigenvalue weighted by molar-refractivity contribution is 5.94. The molecular weight excluding hydrogens is 258 g/mol. The van der Waals surface area contributed by atoms with Crippen molar-refractivity contribution in [3.63, 3.8) is 0 Å². The van der Waals surface area contributed by atoms with E-state index in [9.17, 15) is 9.90 Å². The van der Waals surface area contributed by atoms with E-state index in [0.29, 0.717) is 18.0 Å². The summed E-state index contributed by atoms with van der Waals surface area (Å²) in [6.45, 7) is 2.67. The standard InChI is InChI=1S/C14H17N3O3/c1-10(8-17-6-5-15-9-17)16-13-7-11(20-2)3-4-12(13)14(18)19/h3-7,9-10,16H,8H2,1-2H3,(H,18,19). The van der Waals surface area contributed by atoms with E-state index in [4.69, 9.17) is 4.74 Å². The summed E-state index contributed by atoms with van der Waals surface area (Å²) < 4.78 is 7.06. The topological polar surface area (TPSA) is 76.4 Å². The van der Waals surface area contributed by atoms with Crippen molar-refractivity contribution in [2.75, 3.05) is 12.4 Å². The minimum Gasteiger partial charge on any atom is -0.497 e. The summed E-state index contributed by atoms with van der Waals surface area (Å²) in [5, 5.41) is 12.4. The smallest absolute Gasteiger partial charge is 0.337 e. The van der Waals surface area contributed by atoms with E-state index in [1.165, 1.54) is 6.07 Å². The quantitative estimate of drug-likeness (QED) is 0.844. The van der Waals surface area contributed by atoms with Gasteiger partial charge in [-0.05, 0) is 19.1 Å². The van der Waals surface area contributed by atoms with Gasteiger partial charge in [-0.3, -0.25) is 0 Å². The number of aromatic carboxylic acids is 1. The third kappa shape index (κ3) is 3.28. The van der Waals surface area contributed by atoms with Gasteiger partial charge in [0, 0.05) is 31.0 Å². The molecule has 2 rings (SSSR count). The molecule has 20 heavy (non-hydrogen) atoms. The number of carboxylic acids is 1. The molecule has 0 saturated carbocycles. The Bertz CT molecular complexity index is 581. The average Bonchev–Trinajstić information content (AvgIpc) is 2.90. The number of carboxylic acid groups (broad SMARTS) is 1. The summed E-state index contributed by atoms with van der Waals surface area (Å²) in [5.74, 6) is -0.350. The molecule has 0 aliphatic carbocycles. The molecule has 0 spiro atoms. The number of methoxy groups -OCH3 is 1. The number of hydrogen-bond donors (Lipinski definition) is 2. The number of nitrogens with one attached hydrogen (secondary N) is 1. The highest BCUT2D eigenvalue weighted by Gasteiger charge is 2.13. The number of anilines is 1. The molecule has 2 aromatic rings.